The molecule has 1 aliphatic carbocycles. The molecule has 3 heteroatoms. The highest BCUT2D eigenvalue weighted by Gasteiger charge is 2.23. The van der Waals surface area contributed by atoms with Gasteiger partial charge in [0.1, 0.15) is 0 Å². The van der Waals surface area contributed by atoms with Gasteiger partial charge in [-0.05, 0) is 25.8 Å². The fourth-order valence-corrected chi connectivity index (χ4v) is 2.14. The van der Waals surface area contributed by atoms with Crippen LogP contribution in [0.5, 0.6) is 0 Å². The number of hydrogen-bond donors (Lipinski definition) is 1. The summed E-state index contributed by atoms with van der Waals surface area (Å²) in [7, 11) is 1.91. The van der Waals surface area contributed by atoms with Crippen LogP contribution >= 0.6 is 0 Å². The highest BCUT2D eigenvalue weighted by atomic mass is 16.4. The second kappa shape index (κ2) is 4.61. The summed E-state index contributed by atoms with van der Waals surface area (Å²) in [6.07, 6.45) is 4.87. The summed E-state index contributed by atoms with van der Waals surface area (Å²) in [5, 5.41) is 8.64. The summed E-state index contributed by atoms with van der Waals surface area (Å²) in [5.41, 5.74) is 0. The van der Waals surface area contributed by atoms with Gasteiger partial charge in [-0.1, -0.05) is 19.8 Å². The summed E-state index contributed by atoms with van der Waals surface area (Å²) in [6, 6.07) is 0.486. The minimum atomic E-state index is -0.722. The van der Waals surface area contributed by atoms with Crippen LogP contribution in [0.4, 0.5) is 0 Å². The van der Waals surface area contributed by atoms with E-state index in [-0.39, 0.29) is 6.54 Å². The third kappa shape index (κ3) is 3.35. The molecule has 0 heterocycles. The Bertz CT molecular complexity index is 182. The van der Waals surface area contributed by atoms with Crippen molar-refractivity contribution in [2.24, 2.45) is 5.92 Å². The first-order chi connectivity index (χ1) is 6.09. The van der Waals surface area contributed by atoms with E-state index in [0.717, 1.165) is 18.8 Å². The molecule has 13 heavy (non-hydrogen) atoms. The SMILES string of the molecule is CC1CCCC(N(C)CC(=O)O)C1. The number of carboxylic acid groups (broad SMARTS) is 1. The number of carboxylic acids is 1. The minimum Gasteiger partial charge on any atom is -0.480 e. The average Bonchev–Trinajstić information content (AvgIpc) is 2.03. The molecule has 1 aliphatic rings. The number of rotatable bonds is 3. The fourth-order valence-electron chi connectivity index (χ4n) is 2.14. The number of likely N-dealkylation sites (N-methyl/N-ethyl adjacent to an activating group) is 1. The van der Waals surface area contributed by atoms with Gasteiger partial charge in [-0.15, -0.1) is 0 Å². The van der Waals surface area contributed by atoms with Crippen molar-refractivity contribution in [2.45, 2.75) is 38.6 Å². The zero-order valence-electron chi connectivity index (χ0n) is 8.49. The molecule has 1 saturated carbocycles. The summed E-state index contributed by atoms with van der Waals surface area (Å²) in [6.45, 7) is 2.43. The highest BCUT2D eigenvalue weighted by molar-refractivity contribution is 5.69. The first-order valence-electron chi connectivity index (χ1n) is 5.01. The van der Waals surface area contributed by atoms with Crippen LogP contribution < -0.4 is 0 Å². The number of aliphatic carboxylic acids is 1. The van der Waals surface area contributed by atoms with Gasteiger partial charge in [-0.3, -0.25) is 9.69 Å². The Balaban J connectivity index is 2.36. The first kappa shape index (κ1) is 10.5. The quantitative estimate of drug-likeness (QED) is 0.725. The van der Waals surface area contributed by atoms with Crippen LogP contribution in [0, 0.1) is 5.92 Å². The van der Waals surface area contributed by atoms with Crippen molar-refractivity contribution in [1.29, 1.82) is 0 Å². The molecular weight excluding hydrogens is 166 g/mol. The lowest BCUT2D eigenvalue weighted by Gasteiger charge is -2.33. The molecule has 0 aromatic rings. The van der Waals surface area contributed by atoms with Crippen molar-refractivity contribution in [1.82, 2.24) is 4.90 Å². The third-order valence-electron chi connectivity index (χ3n) is 2.92. The molecule has 0 aromatic carbocycles. The van der Waals surface area contributed by atoms with E-state index in [4.69, 9.17) is 5.11 Å². The van der Waals surface area contributed by atoms with Gasteiger partial charge in [0.2, 0.25) is 0 Å². The summed E-state index contributed by atoms with van der Waals surface area (Å²) in [4.78, 5) is 12.5. The molecule has 76 valence electrons. The Kier molecular flexibility index (Phi) is 3.72. The molecule has 0 saturated heterocycles. The van der Waals surface area contributed by atoms with Gasteiger partial charge in [0.25, 0.3) is 0 Å². The Morgan fingerprint density at radius 2 is 2.23 bits per heavy atom. The predicted octanol–water partition coefficient (Wildman–Crippen LogP) is 1.58. The maximum absolute atomic E-state index is 10.5. The van der Waals surface area contributed by atoms with Crippen molar-refractivity contribution < 1.29 is 9.90 Å². The lowest BCUT2D eigenvalue weighted by Crippen LogP contribution is -2.38. The Labute approximate surface area is 79.7 Å². The van der Waals surface area contributed by atoms with Gasteiger partial charge in [0.15, 0.2) is 0 Å². The summed E-state index contributed by atoms with van der Waals surface area (Å²) in [5.74, 6) is 0.0377. The molecule has 0 aromatic heterocycles. The zero-order valence-corrected chi connectivity index (χ0v) is 8.49. The number of hydrogen-bond acceptors (Lipinski definition) is 2. The van der Waals surface area contributed by atoms with Crippen LogP contribution in [0.15, 0.2) is 0 Å². The molecular formula is C10H19NO2. The Hall–Kier alpha value is -0.570. The molecule has 2 unspecified atom stereocenters. The second-order valence-corrected chi connectivity index (χ2v) is 4.23. The van der Waals surface area contributed by atoms with E-state index >= 15 is 0 Å². The molecule has 1 N–H and O–H groups in total. The van der Waals surface area contributed by atoms with E-state index in [1.54, 1.807) is 0 Å². The van der Waals surface area contributed by atoms with Gasteiger partial charge >= 0.3 is 5.97 Å². The predicted molar refractivity (Wildman–Crippen MR) is 51.7 cm³/mol. The maximum atomic E-state index is 10.5. The Morgan fingerprint density at radius 3 is 2.77 bits per heavy atom. The van der Waals surface area contributed by atoms with Crippen LogP contribution in [0.3, 0.4) is 0 Å². The fraction of sp³-hybridized carbons (Fsp3) is 0.900. The van der Waals surface area contributed by atoms with Gasteiger partial charge in [-0.2, -0.15) is 0 Å². The summed E-state index contributed by atoms with van der Waals surface area (Å²) < 4.78 is 0. The van der Waals surface area contributed by atoms with Gasteiger partial charge in [0.05, 0.1) is 6.54 Å². The molecule has 0 radical (unpaired) electrons. The normalized spacial score (nSPS) is 29.2. The van der Waals surface area contributed by atoms with E-state index < -0.39 is 5.97 Å². The van der Waals surface area contributed by atoms with Crippen molar-refractivity contribution in [3.63, 3.8) is 0 Å². The molecule has 0 spiro atoms. The molecule has 0 aliphatic heterocycles. The van der Waals surface area contributed by atoms with Gasteiger partial charge < -0.3 is 5.11 Å². The second-order valence-electron chi connectivity index (χ2n) is 4.23. The first-order valence-corrected chi connectivity index (χ1v) is 5.01. The van der Waals surface area contributed by atoms with Crippen LogP contribution in [0.2, 0.25) is 0 Å². The monoisotopic (exact) mass is 185 g/mol. The lowest BCUT2D eigenvalue weighted by atomic mass is 9.86. The largest absolute Gasteiger partial charge is 0.480 e. The third-order valence-corrected chi connectivity index (χ3v) is 2.92. The number of nitrogens with zero attached hydrogens (tertiary/aromatic N) is 1. The van der Waals surface area contributed by atoms with Crippen molar-refractivity contribution >= 4 is 5.97 Å². The van der Waals surface area contributed by atoms with Crippen LogP contribution in [0.25, 0.3) is 0 Å². The highest BCUT2D eigenvalue weighted by Crippen LogP contribution is 2.26. The van der Waals surface area contributed by atoms with Crippen molar-refractivity contribution in [3.8, 4) is 0 Å². The lowest BCUT2D eigenvalue weighted by molar-refractivity contribution is -0.138. The van der Waals surface area contributed by atoms with Crippen molar-refractivity contribution in [3.05, 3.63) is 0 Å². The number of carbonyl (C=O) groups is 1. The maximum Gasteiger partial charge on any atom is 0.317 e. The van der Waals surface area contributed by atoms with E-state index in [1.165, 1.54) is 12.8 Å². The topological polar surface area (TPSA) is 40.5 Å². The van der Waals surface area contributed by atoms with Crippen LogP contribution in [-0.4, -0.2) is 35.6 Å². The standard InChI is InChI=1S/C10H19NO2/c1-8-4-3-5-9(6-8)11(2)7-10(12)13/h8-9H,3-7H2,1-2H3,(H,12,13). The van der Waals surface area contributed by atoms with Gasteiger partial charge in [0, 0.05) is 6.04 Å². The Morgan fingerprint density at radius 1 is 1.54 bits per heavy atom. The van der Waals surface area contributed by atoms with E-state index in [1.807, 2.05) is 11.9 Å². The minimum absolute atomic E-state index is 0.178. The van der Waals surface area contributed by atoms with E-state index in [0.29, 0.717) is 6.04 Å². The smallest absolute Gasteiger partial charge is 0.317 e. The molecule has 1 fully saturated rings. The van der Waals surface area contributed by atoms with Crippen LogP contribution in [-0.2, 0) is 4.79 Å². The van der Waals surface area contributed by atoms with Crippen LogP contribution in [0.1, 0.15) is 32.6 Å². The zero-order chi connectivity index (χ0) is 9.84. The molecule has 2 atom stereocenters. The van der Waals surface area contributed by atoms with E-state index in [9.17, 15) is 4.79 Å². The molecule has 3 nitrogen and oxygen atoms in total. The van der Waals surface area contributed by atoms with Gasteiger partial charge in [-0.25, -0.2) is 0 Å². The van der Waals surface area contributed by atoms with Crippen molar-refractivity contribution in [2.75, 3.05) is 13.6 Å². The molecule has 1 rings (SSSR count). The molecule has 0 bridgehead atoms. The van der Waals surface area contributed by atoms with E-state index in [2.05, 4.69) is 6.92 Å². The molecule has 0 amide bonds. The average molecular weight is 185 g/mol. The summed E-state index contributed by atoms with van der Waals surface area (Å²) >= 11 is 0.